The minimum atomic E-state index is -0.236. The maximum absolute atomic E-state index is 12.6. The molecule has 0 spiro atoms. The molecule has 2 unspecified atom stereocenters. The van der Waals surface area contributed by atoms with E-state index in [2.05, 4.69) is 29.8 Å². The Morgan fingerprint density at radius 2 is 1.81 bits per heavy atom. The Balaban J connectivity index is 1.72. The van der Waals surface area contributed by atoms with E-state index in [0.29, 0.717) is 17.2 Å². The number of nitrogens with one attached hydrogen (secondary N) is 3. The molecule has 136 valence electrons. The van der Waals surface area contributed by atoms with Crippen molar-refractivity contribution in [3.05, 3.63) is 59.7 Å². The molecule has 3 N–H and O–H groups in total. The van der Waals surface area contributed by atoms with Crippen molar-refractivity contribution in [3.63, 3.8) is 0 Å². The fourth-order valence-corrected chi connectivity index (χ4v) is 3.13. The van der Waals surface area contributed by atoms with Crippen molar-refractivity contribution in [3.8, 4) is 0 Å². The van der Waals surface area contributed by atoms with Gasteiger partial charge in [-0.05, 0) is 43.0 Å². The van der Waals surface area contributed by atoms with Crippen LogP contribution in [0.2, 0.25) is 0 Å². The zero-order valence-electron chi connectivity index (χ0n) is 15.4. The summed E-state index contributed by atoms with van der Waals surface area (Å²) in [6, 6.07) is 14.8. The average molecular weight is 351 g/mol. The van der Waals surface area contributed by atoms with Crippen LogP contribution in [-0.2, 0) is 4.79 Å². The highest BCUT2D eigenvalue weighted by Gasteiger charge is 2.26. The third kappa shape index (κ3) is 4.04. The average Bonchev–Trinajstić information content (AvgIpc) is 2.62. The van der Waals surface area contributed by atoms with Gasteiger partial charge >= 0.3 is 0 Å². The summed E-state index contributed by atoms with van der Waals surface area (Å²) in [6.45, 7) is 6.13. The molecule has 0 bridgehead atoms. The quantitative estimate of drug-likeness (QED) is 0.764. The van der Waals surface area contributed by atoms with Crippen LogP contribution >= 0.6 is 0 Å². The second-order valence-electron chi connectivity index (χ2n) is 7.18. The lowest BCUT2D eigenvalue weighted by Gasteiger charge is -2.28. The lowest BCUT2D eigenvalue weighted by atomic mass is 10.00. The van der Waals surface area contributed by atoms with Gasteiger partial charge in [0.2, 0.25) is 5.91 Å². The van der Waals surface area contributed by atoms with E-state index in [-0.39, 0.29) is 23.9 Å². The van der Waals surface area contributed by atoms with E-state index in [0.717, 1.165) is 17.7 Å². The van der Waals surface area contributed by atoms with Gasteiger partial charge in [0.15, 0.2) is 0 Å². The predicted octanol–water partition coefficient (Wildman–Crippen LogP) is 3.96. The summed E-state index contributed by atoms with van der Waals surface area (Å²) in [6.07, 6.45) is 0.766. The van der Waals surface area contributed by atoms with Gasteiger partial charge in [-0.3, -0.25) is 9.59 Å². The Morgan fingerprint density at radius 3 is 2.50 bits per heavy atom. The van der Waals surface area contributed by atoms with Gasteiger partial charge in [-0.25, -0.2) is 0 Å². The Bertz CT molecular complexity index is 802. The molecule has 0 aliphatic carbocycles. The van der Waals surface area contributed by atoms with E-state index in [9.17, 15) is 9.59 Å². The third-order valence-corrected chi connectivity index (χ3v) is 4.54. The Kier molecular flexibility index (Phi) is 5.26. The SMILES string of the molecule is CC(C)CC1Nc2ccc(C(=O)NC(C)c3ccccc3)cc2NC1=O. The highest BCUT2D eigenvalue weighted by Crippen LogP contribution is 2.29. The minimum absolute atomic E-state index is 0.0542. The van der Waals surface area contributed by atoms with Crippen molar-refractivity contribution >= 4 is 23.2 Å². The zero-order chi connectivity index (χ0) is 18.7. The number of carbonyl (C=O) groups is 2. The maximum atomic E-state index is 12.6. The first-order chi connectivity index (χ1) is 12.4. The fourth-order valence-electron chi connectivity index (χ4n) is 3.13. The molecule has 2 amide bonds. The van der Waals surface area contributed by atoms with Crippen molar-refractivity contribution < 1.29 is 9.59 Å². The molecule has 2 atom stereocenters. The lowest BCUT2D eigenvalue weighted by Crippen LogP contribution is -2.39. The smallest absolute Gasteiger partial charge is 0.251 e. The van der Waals surface area contributed by atoms with Gasteiger partial charge < -0.3 is 16.0 Å². The molecule has 2 aromatic carbocycles. The Labute approximate surface area is 154 Å². The van der Waals surface area contributed by atoms with Crippen LogP contribution in [0.4, 0.5) is 11.4 Å². The van der Waals surface area contributed by atoms with E-state index >= 15 is 0 Å². The topological polar surface area (TPSA) is 70.2 Å². The number of anilines is 2. The number of benzene rings is 2. The summed E-state index contributed by atoms with van der Waals surface area (Å²) in [5, 5.41) is 9.17. The van der Waals surface area contributed by atoms with Crippen LogP contribution in [0.1, 0.15) is 49.2 Å². The maximum Gasteiger partial charge on any atom is 0.251 e. The number of rotatable bonds is 5. The molecule has 1 heterocycles. The van der Waals surface area contributed by atoms with E-state index in [1.807, 2.05) is 43.3 Å². The predicted molar refractivity (Wildman–Crippen MR) is 104 cm³/mol. The van der Waals surface area contributed by atoms with Gasteiger partial charge in [0, 0.05) is 5.56 Å². The monoisotopic (exact) mass is 351 g/mol. The molecular formula is C21H25N3O2. The molecule has 1 aliphatic heterocycles. The van der Waals surface area contributed by atoms with Gasteiger partial charge in [-0.1, -0.05) is 44.2 Å². The van der Waals surface area contributed by atoms with Crippen molar-refractivity contribution in [1.82, 2.24) is 5.32 Å². The molecule has 0 aromatic heterocycles. The molecule has 2 aromatic rings. The molecule has 3 rings (SSSR count). The number of fused-ring (bicyclic) bond motifs is 1. The summed E-state index contributed by atoms with van der Waals surface area (Å²) < 4.78 is 0. The summed E-state index contributed by atoms with van der Waals surface area (Å²) in [5.74, 6) is 0.202. The molecule has 0 saturated heterocycles. The number of amides is 2. The third-order valence-electron chi connectivity index (χ3n) is 4.54. The highest BCUT2D eigenvalue weighted by molar-refractivity contribution is 6.05. The van der Waals surface area contributed by atoms with Crippen LogP contribution in [0.15, 0.2) is 48.5 Å². The van der Waals surface area contributed by atoms with E-state index in [1.54, 1.807) is 12.1 Å². The van der Waals surface area contributed by atoms with Crippen LogP contribution in [0.25, 0.3) is 0 Å². The van der Waals surface area contributed by atoms with Crippen LogP contribution < -0.4 is 16.0 Å². The molecule has 5 heteroatoms. The lowest BCUT2D eigenvalue weighted by molar-refractivity contribution is -0.117. The van der Waals surface area contributed by atoms with E-state index < -0.39 is 0 Å². The van der Waals surface area contributed by atoms with Crippen LogP contribution in [0.3, 0.4) is 0 Å². The normalized spacial score (nSPS) is 17.1. The van der Waals surface area contributed by atoms with Crippen molar-refractivity contribution in [2.45, 2.75) is 39.3 Å². The summed E-state index contributed by atoms with van der Waals surface area (Å²) >= 11 is 0. The number of hydrogen-bond acceptors (Lipinski definition) is 3. The molecule has 5 nitrogen and oxygen atoms in total. The van der Waals surface area contributed by atoms with E-state index in [4.69, 9.17) is 0 Å². The molecule has 26 heavy (non-hydrogen) atoms. The molecule has 0 fully saturated rings. The highest BCUT2D eigenvalue weighted by atomic mass is 16.2. The molecular weight excluding hydrogens is 326 g/mol. The van der Waals surface area contributed by atoms with Crippen LogP contribution in [-0.4, -0.2) is 17.9 Å². The summed E-state index contributed by atoms with van der Waals surface area (Å²) in [4.78, 5) is 24.8. The Hall–Kier alpha value is -2.82. The van der Waals surface area contributed by atoms with Crippen molar-refractivity contribution in [1.29, 1.82) is 0 Å². The first-order valence-corrected chi connectivity index (χ1v) is 9.01. The molecule has 0 radical (unpaired) electrons. The fraction of sp³-hybridized carbons (Fsp3) is 0.333. The van der Waals surface area contributed by atoms with Crippen molar-refractivity contribution in [2.24, 2.45) is 5.92 Å². The standard InChI is InChI=1S/C21H25N3O2/c1-13(2)11-19-21(26)24-18-12-16(9-10-17(18)23-19)20(25)22-14(3)15-7-5-4-6-8-15/h4-10,12-14,19,23H,11H2,1-3H3,(H,22,25)(H,24,26). The van der Waals surface area contributed by atoms with Gasteiger partial charge in [0.25, 0.3) is 5.91 Å². The van der Waals surface area contributed by atoms with Crippen LogP contribution in [0, 0.1) is 5.92 Å². The van der Waals surface area contributed by atoms with Crippen LogP contribution in [0.5, 0.6) is 0 Å². The van der Waals surface area contributed by atoms with Gasteiger partial charge in [-0.2, -0.15) is 0 Å². The number of carbonyl (C=O) groups excluding carboxylic acids is 2. The van der Waals surface area contributed by atoms with Gasteiger partial charge in [0.05, 0.1) is 17.4 Å². The molecule has 0 saturated carbocycles. The molecule has 1 aliphatic rings. The largest absolute Gasteiger partial charge is 0.372 e. The summed E-state index contributed by atoms with van der Waals surface area (Å²) in [5.41, 5.74) is 3.07. The second kappa shape index (κ2) is 7.60. The van der Waals surface area contributed by atoms with Gasteiger partial charge in [0.1, 0.15) is 6.04 Å². The van der Waals surface area contributed by atoms with Crippen molar-refractivity contribution in [2.75, 3.05) is 10.6 Å². The minimum Gasteiger partial charge on any atom is -0.372 e. The number of hydrogen-bond donors (Lipinski definition) is 3. The first kappa shape index (κ1) is 18.0. The summed E-state index contributed by atoms with van der Waals surface area (Å²) in [7, 11) is 0. The van der Waals surface area contributed by atoms with E-state index in [1.165, 1.54) is 0 Å². The zero-order valence-corrected chi connectivity index (χ0v) is 15.4. The van der Waals surface area contributed by atoms with Gasteiger partial charge in [-0.15, -0.1) is 0 Å². The second-order valence-corrected chi connectivity index (χ2v) is 7.18. The Morgan fingerprint density at radius 1 is 1.08 bits per heavy atom. The first-order valence-electron chi connectivity index (χ1n) is 9.01.